The molecule has 3 rings (SSSR count). The van der Waals surface area contributed by atoms with Gasteiger partial charge in [0, 0.05) is 12.2 Å². The second kappa shape index (κ2) is 9.49. The first kappa shape index (κ1) is 20.1. The van der Waals surface area contributed by atoms with E-state index in [1.807, 2.05) is 47.4 Å². The number of carbonyl (C=O) groups excluding carboxylic acids is 1. The standard InChI is InChI=1S/C23H30N2O3/c1-4-6-9-15-28-20-13-12-17(16-21(20)27-3)22-24-19-11-8-7-10-18(19)23(26)25(22)14-5-2/h7-8,10-13,16,22,24H,4-6,9,14-15H2,1-3H3. The van der Waals surface area contributed by atoms with Crippen LogP contribution in [0.3, 0.4) is 0 Å². The minimum absolute atomic E-state index is 0.0556. The zero-order valence-corrected chi connectivity index (χ0v) is 17.0. The lowest BCUT2D eigenvalue weighted by atomic mass is 10.0. The second-order valence-electron chi connectivity index (χ2n) is 7.06. The van der Waals surface area contributed by atoms with E-state index in [1.54, 1.807) is 7.11 Å². The number of para-hydroxylation sites is 1. The van der Waals surface area contributed by atoms with E-state index in [9.17, 15) is 4.79 Å². The first-order valence-electron chi connectivity index (χ1n) is 10.2. The fourth-order valence-corrected chi connectivity index (χ4v) is 3.54. The van der Waals surface area contributed by atoms with Crippen molar-refractivity contribution in [1.82, 2.24) is 4.90 Å². The molecule has 0 saturated heterocycles. The number of methoxy groups -OCH3 is 1. The molecular weight excluding hydrogens is 352 g/mol. The van der Waals surface area contributed by atoms with Gasteiger partial charge in [0.2, 0.25) is 0 Å². The molecule has 0 saturated carbocycles. The van der Waals surface area contributed by atoms with Crippen molar-refractivity contribution in [2.24, 2.45) is 0 Å². The molecule has 0 bridgehead atoms. The fourth-order valence-electron chi connectivity index (χ4n) is 3.54. The largest absolute Gasteiger partial charge is 0.493 e. The van der Waals surface area contributed by atoms with Gasteiger partial charge in [-0.15, -0.1) is 0 Å². The van der Waals surface area contributed by atoms with Gasteiger partial charge in [0.15, 0.2) is 11.5 Å². The number of amides is 1. The summed E-state index contributed by atoms with van der Waals surface area (Å²) < 4.78 is 11.5. The lowest BCUT2D eigenvalue weighted by molar-refractivity contribution is 0.0683. The molecule has 2 aromatic carbocycles. The minimum Gasteiger partial charge on any atom is -0.493 e. The molecule has 1 N–H and O–H groups in total. The Kier molecular flexibility index (Phi) is 6.80. The maximum atomic E-state index is 13.0. The summed E-state index contributed by atoms with van der Waals surface area (Å²) in [4.78, 5) is 14.9. The van der Waals surface area contributed by atoms with Crippen molar-refractivity contribution in [1.29, 1.82) is 0 Å². The average Bonchev–Trinajstić information content (AvgIpc) is 2.73. The number of hydrogen-bond donors (Lipinski definition) is 1. The van der Waals surface area contributed by atoms with Crippen LogP contribution in [0.1, 0.15) is 61.6 Å². The molecule has 0 aliphatic carbocycles. The third kappa shape index (κ3) is 4.24. The molecule has 1 aliphatic rings. The van der Waals surface area contributed by atoms with Gasteiger partial charge < -0.3 is 19.7 Å². The Balaban J connectivity index is 1.87. The van der Waals surface area contributed by atoms with Crippen molar-refractivity contribution in [2.75, 3.05) is 25.6 Å². The molecule has 1 heterocycles. The predicted octanol–water partition coefficient (Wildman–Crippen LogP) is 5.24. The van der Waals surface area contributed by atoms with E-state index in [4.69, 9.17) is 9.47 Å². The smallest absolute Gasteiger partial charge is 0.257 e. The predicted molar refractivity (Wildman–Crippen MR) is 112 cm³/mol. The van der Waals surface area contributed by atoms with Gasteiger partial charge in [0.05, 0.1) is 19.3 Å². The van der Waals surface area contributed by atoms with Gasteiger partial charge in [-0.25, -0.2) is 0 Å². The van der Waals surface area contributed by atoms with Gasteiger partial charge >= 0.3 is 0 Å². The van der Waals surface area contributed by atoms with E-state index in [0.717, 1.165) is 48.2 Å². The lowest BCUT2D eigenvalue weighted by Crippen LogP contribution is -2.43. The summed E-state index contributed by atoms with van der Waals surface area (Å²) in [6.07, 6.45) is 4.00. The second-order valence-corrected chi connectivity index (χ2v) is 7.06. The third-order valence-corrected chi connectivity index (χ3v) is 5.00. The van der Waals surface area contributed by atoms with E-state index in [-0.39, 0.29) is 12.1 Å². The number of nitrogens with one attached hydrogen (secondary N) is 1. The number of rotatable bonds is 9. The molecule has 28 heavy (non-hydrogen) atoms. The number of nitrogens with zero attached hydrogens (tertiary/aromatic N) is 1. The fraction of sp³-hybridized carbons (Fsp3) is 0.435. The maximum absolute atomic E-state index is 13.0. The maximum Gasteiger partial charge on any atom is 0.257 e. The van der Waals surface area contributed by atoms with Crippen LogP contribution in [0, 0.1) is 0 Å². The van der Waals surface area contributed by atoms with Crippen molar-refractivity contribution in [3.05, 3.63) is 53.6 Å². The van der Waals surface area contributed by atoms with E-state index >= 15 is 0 Å². The molecule has 2 aromatic rings. The van der Waals surface area contributed by atoms with Crippen LogP contribution in [-0.2, 0) is 0 Å². The topological polar surface area (TPSA) is 50.8 Å². The lowest BCUT2D eigenvalue weighted by Gasteiger charge is -2.38. The monoisotopic (exact) mass is 382 g/mol. The van der Waals surface area contributed by atoms with Gasteiger partial charge in [0.1, 0.15) is 6.17 Å². The van der Waals surface area contributed by atoms with Crippen molar-refractivity contribution in [3.63, 3.8) is 0 Å². The summed E-state index contributed by atoms with van der Waals surface area (Å²) >= 11 is 0. The van der Waals surface area contributed by atoms with Crippen molar-refractivity contribution < 1.29 is 14.3 Å². The highest BCUT2D eigenvalue weighted by atomic mass is 16.5. The molecule has 1 aliphatic heterocycles. The zero-order chi connectivity index (χ0) is 19.9. The van der Waals surface area contributed by atoms with Crippen LogP contribution in [0.25, 0.3) is 0 Å². The van der Waals surface area contributed by atoms with E-state index in [1.165, 1.54) is 0 Å². The molecule has 0 fully saturated rings. The van der Waals surface area contributed by atoms with Crippen LogP contribution in [0.15, 0.2) is 42.5 Å². The van der Waals surface area contributed by atoms with Crippen LogP contribution in [0.5, 0.6) is 11.5 Å². The zero-order valence-electron chi connectivity index (χ0n) is 17.0. The minimum atomic E-state index is -0.231. The number of carbonyl (C=O) groups is 1. The molecule has 0 aromatic heterocycles. The van der Waals surface area contributed by atoms with Crippen molar-refractivity contribution in [3.8, 4) is 11.5 Å². The van der Waals surface area contributed by atoms with E-state index in [2.05, 4.69) is 19.2 Å². The van der Waals surface area contributed by atoms with E-state index < -0.39 is 0 Å². The molecule has 5 heteroatoms. The Morgan fingerprint density at radius 2 is 1.86 bits per heavy atom. The molecule has 150 valence electrons. The summed E-state index contributed by atoms with van der Waals surface area (Å²) in [5, 5.41) is 3.52. The SMILES string of the molecule is CCCCCOc1ccc(C2Nc3ccccc3C(=O)N2CCC)cc1OC. The summed E-state index contributed by atoms with van der Waals surface area (Å²) in [6, 6.07) is 13.6. The summed E-state index contributed by atoms with van der Waals surface area (Å²) in [5.41, 5.74) is 2.56. The Bertz CT molecular complexity index is 806. The highest BCUT2D eigenvalue weighted by Gasteiger charge is 2.32. The van der Waals surface area contributed by atoms with Gasteiger partial charge in [-0.1, -0.05) is 44.9 Å². The van der Waals surface area contributed by atoms with Crippen molar-refractivity contribution in [2.45, 2.75) is 45.7 Å². The van der Waals surface area contributed by atoms with Crippen LogP contribution >= 0.6 is 0 Å². The van der Waals surface area contributed by atoms with Gasteiger partial charge in [0.25, 0.3) is 5.91 Å². The molecule has 5 nitrogen and oxygen atoms in total. The summed E-state index contributed by atoms with van der Waals surface area (Å²) in [5.74, 6) is 1.49. The normalized spacial score (nSPS) is 15.8. The molecule has 0 spiro atoms. The Hall–Kier alpha value is -2.69. The average molecular weight is 383 g/mol. The first-order valence-corrected chi connectivity index (χ1v) is 10.2. The van der Waals surface area contributed by atoms with Gasteiger partial charge in [-0.05, 0) is 42.7 Å². The Labute approximate surface area is 167 Å². The molecule has 1 atom stereocenters. The summed E-state index contributed by atoms with van der Waals surface area (Å²) in [6.45, 7) is 5.62. The molecule has 0 radical (unpaired) electrons. The van der Waals surface area contributed by atoms with Crippen LogP contribution in [-0.4, -0.2) is 31.1 Å². The number of hydrogen-bond acceptors (Lipinski definition) is 4. The van der Waals surface area contributed by atoms with E-state index in [0.29, 0.717) is 18.9 Å². The Morgan fingerprint density at radius 1 is 1.04 bits per heavy atom. The highest BCUT2D eigenvalue weighted by molar-refractivity contribution is 6.01. The molecule has 1 amide bonds. The quantitative estimate of drug-likeness (QED) is 0.603. The molecule has 1 unspecified atom stereocenters. The van der Waals surface area contributed by atoms with Crippen molar-refractivity contribution >= 4 is 11.6 Å². The number of benzene rings is 2. The highest BCUT2D eigenvalue weighted by Crippen LogP contribution is 2.37. The molecular formula is C23H30N2O3. The van der Waals surface area contributed by atoms with Gasteiger partial charge in [-0.3, -0.25) is 4.79 Å². The van der Waals surface area contributed by atoms with Crippen LogP contribution < -0.4 is 14.8 Å². The Morgan fingerprint density at radius 3 is 2.61 bits per heavy atom. The third-order valence-electron chi connectivity index (χ3n) is 5.00. The van der Waals surface area contributed by atoms with Gasteiger partial charge in [-0.2, -0.15) is 0 Å². The van der Waals surface area contributed by atoms with Crippen LogP contribution in [0.2, 0.25) is 0 Å². The van der Waals surface area contributed by atoms with Crippen LogP contribution in [0.4, 0.5) is 5.69 Å². The number of fused-ring (bicyclic) bond motifs is 1. The first-order chi connectivity index (χ1) is 13.7. The summed E-state index contributed by atoms with van der Waals surface area (Å²) in [7, 11) is 1.65. The number of ether oxygens (including phenoxy) is 2. The number of unbranched alkanes of at least 4 members (excludes halogenated alkanes) is 2. The number of anilines is 1.